The molecular weight excluding hydrogens is 217 g/mol. The summed E-state index contributed by atoms with van der Waals surface area (Å²) in [5.41, 5.74) is -0.699. The van der Waals surface area contributed by atoms with Gasteiger partial charge in [0, 0.05) is 1.37 Å². The minimum atomic E-state index is -4.33. The number of ether oxygens (including phenoxy) is 1. The third-order valence-electron chi connectivity index (χ3n) is 2.07. The van der Waals surface area contributed by atoms with Crippen LogP contribution in [0, 0.1) is 0 Å². The molecule has 1 rings (SSSR count). The van der Waals surface area contributed by atoms with E-state index in [0.717, 1.165) is 12.1 Å². The first-order valence-corrected chi connectivity index (χ1v) is 5.10. The fourth-order valence-electron chi connectivity index (χ4n) is 1.32. The van der Waals surface area contributed by atoms with Gasteiger partial charge in [0.2, 0.25) is 0 Å². The van der Waals surface area contributed by atoms with Gasteiger partial charge in [0.05, 0.1) is 11.7 Å². The topological polar surface area (TPSA) is 9.23 Å². The SMILES string of the molecule is [2H][C@@H](CC)[C@@H](C)Oc1ccc(C(F)(F)F)cc1. The molecule has 0 aliphatic heterocycles. The molecule has 0 aliphatic carbocycles. The van der Waals surface area contributed by atoms with Gasteiger partial charge in [0.1, 0.15) is 5.75 Å². The van der Waals surface area contributed by atoms with Crippen molar-refractivity contribution in [3.05, 3.63) is 29.8 Å². The lowest BCUT2D eigenvalue weighted by Crippen LogP contribution is -2.11. The van der Waals surface area contributed by atoms with Crippen LogP contribution in [0.1, 0.15) is 33.6 Å². The highest BCUT2D eigenvalue weighted by molar-refractivity contribution is 5.28. The van der Waals surface area contributed by atoms with Crippen LogP contribution in [-0.4, -0.2) is 6.10 Å². The maximum Gasteiger partial charge on any atom is 0.416 e. The highest BCUT2D eigenvalue weighted by Crippen LogP contribution is 2.30. The molecule has 1 nitrogen and oxygen atoms in total. The van der Waals surface area contributed by atoms with Gasteiger partial charge in [-0.1, -0.05) is 13.3 Å². The number of hydrogen-bond acceptors (Lipinski definition) is 1. The summed E-state index contributed by atoms with van der Waals surface area (Å²) in [7, 11) is 0. The zero-order valence-electron chi connectivity index (χ0n) is 10.2. The van der Waals surface area contributed by atoms with Gasteiger partial charge in [0.15, 0.2) is 0 Å². The average Bonchev–Trinajstić information content (AvgIpc) is 2.27. The second-order valence-corrected chi connectivity index (χ2v) is 3.49. The van der Waals surface area contributed by atoms with Crippen LogP contribution >= 0.6 is 0 Å². The highest BCUT2D eigenvalue weighted by Gasteiger charge is 2.30. The second kappa shape index (κ2) is 5.23. The lowest BCUT2D eigenvalue weighted by molar-refractivity contribution is -0.137. The number of rotatable bonds is 4. The molecule has 0 spiro atoms. The van der Waals surface area contributed by atoms with Gasteiger partial charge in [-0.3, -0.25) is 0 Å². The first kappa shape index (κ1) is 11.3. The van der Waals surface area contributed by atoms with E-state index in [1.54, 1.807) is 6.92 Å². The summed E-state index contributed by atoms with van der Waals surface area (Å²) in [5, 5.41) is 0. The maximum atomic E-state index is 12.3. The van der Waals surface area contributed by atoms with Crippen molar-refractivity contribution in [3.8, 4) is 5.75 Å². The fourth-order valence-corrected chi connectivity index (χ4v) is 1.32. The second-order valence-electron chi connectivity index (χ2n) is 3.49. The molecule has 90 valence electrons. The van der Waals surface area contributed by atoms with Crippen molar-refractivity contribution < 1.29 is 19.3 Å². The van der Waals surface area contributed by atoms with E-state index in [4.69, 9.17) is 6.11 Å². The van der Waals surface area contributed by atoms with E-state index in [1.165, 1.54) is 12.1 Å². The van der Waals surface area contributed by atoms with E-state index < -0.39 is 11.7 Å². The zero-order valence-corrected chi connectivity index (χ0v) is 9.21. The molecule has 0 radical (unpaired) electrons. The summed E-state index contributed by atoms with van der Waals surface area (Å²) < 4.78 is 49.9. The average molecular weight is 233 g/mol. The Bertz CT molecular complexity index is 348. The van der Waals surface area contributed by atoms with Gasteiger partial charge in [-0.25, -0.2) is 0 Å². The molecule has 0 heterocycles. The molecule has 0 unspecified atom stereocenters. The Morgan fingerprint density at radius 2 is 1.88 bits per heavy atom. The van der Waals surface area contributed by atoms with Crippen LogP contribution in [0.2, 0.25) is 0 Å². The van der Waals surface area contributed by atoms with Crippen LogP contribution in [0.25, 0.3) is 0 Å². The van der Waals surface area contributed by atoms with Crippen molar-refractivity contribution in [2.45, 2.75) is 38.9 Å². The number of alkyl halides is 3. The highest BCUT2D eigenvalue weighted by atomic mass is 19.4. The number of benzene rings is 1. The molecule has 16 heavy (non-hydrogen) atoms. The third kappa shape index (κ3) is 3.76. The summed E-state index contributed by atoms with van der Waals surface area (Å²) in [6, 6.07) is 4.52. The molecule has 1 aromatic carbocycles. The molecule has 0 fully saturated rings. The summed E-state index contributed by atoms with van der Waals surface area (Å²) >= 11 is 0. The summed E-state index contributed by atoms with van der Waals surface area (Å²) in [6.07, 6.45) is -4.40. The Labute approximate surface area is 94.6 Å². The van der Waals surface area contributed by atoms with Crippen LogP contribution in [0.4, 0.5) is 13.2 Å². The van der Waals surface area contributed by atoms with Gasteiger partial charge in [-0.2, -0.15) is 13.2 Å². The Kier molecular flexibility index (Phi) is 3.70. The van der Waals surface area contributed by atoms with E-state index in [0.29, 0.717) is 12.2 Å². The van der Waals surface area contributed by atoms with Crippen molar-refractivity contribution in [2.75, 3.05) is 0 Å². The van der Waals surface area contributed by atoms with Gasteiger partial charge >= 0.3 is 6.18 Å². The Morgan fingerprint density at radius 3 is 2.31 bits per heavy atom. The molecule has 0 N–H and O–H groups in total. The monoisotopic (exact) mass is 233 g/mol. The molecule has 0 saturated heterocycles. The van der Waals surface area contributed by atoms with Gasteiger partial charge in [-0.05, 0) is 37.6 Å². The third-order valence-corrected chi connectivity index (χ3v) is 2.07. The van der Waals surface area contributed by atoms with Crippen molar-refractivity contribution >= 4 is 0 Å². The first-order chi connectivity index (χ1) is 7.84. The van der Waals surface area contributed by atoms with Crippen LogP contribution in [-0.2, 0) is 6.18 Å². The minimum absolute atomic E-state index is 0.336. The molecule has 0 bridgehead atoms. The van der Waals surface area contributed by atoms with Crippen LogP contribution in [0.3, 0.4) is 0 Å². The molecular formula is C12H15F3O. The van der Waals surface area contributed by atoms with E-state index in [9.17, 15) is 13.2 Å². The maximum absolute atomic E-state index is 12.3. The Hall–Kier alpha value is -1.19. The molecule has 1 aromatic rings. The minimum Gasteiger partial charge on any atom is -0.491 e. The molecule has 0 aliphatic rings. The van der Waals surface area contributed by atoms with E-state index in [1.807, 2.05) is 6.92 Å². The quantitative estimate of drug-likeness (QED) is 0.754. The van der Waals surface area contributed by atoms with E-state index in [-0.39, 0.29) is 12.5 Å². The predicted octanol–water partition coefficient (Wildman–Crippen LogP) is 4.27. The van der Waals surface area contributed by atoms with Crippen molar-refractivity contribution in [1.82, 2.24) is 0 Å². The standard InChI is InChI=1S/C12H15F3O/c1-3-4-9(2)16-11-7-5-10(6-8-11)12(13,14)15/h5-9H,3-4H2,1-2H3/t9-/m1/s1/i4D/t4-,9+/m0. The normalized spacial score (nSPS) is 16.4. The number of hydrogen-bond donors (Lipinski definition) is 0. The lowest BCUT2D eigenvalue weighted by atomic mass is 10.2. The smallest absolute Gasteiger partial charge is 0.416 e. The van der Waals surface area contributed by atoms with Crippen LogP contribution < -0.4 is 4.74 Å². The summed E-state index contributed by atoms with van der Waals surface area (Å²) in [4.78, 5) is 0. The van der Waals surface area contributed by atoms with Gasteiger partial charge in [-0.15, -0.1) is 0 Å². The Morgan fingerprint density at radius 1 is 1.31 bits per heavy atom. The first-order valence-electron chi connectivity index (χ1n) is 5.68. The van der Waals surface area contributed by atoms with Crippen LogP contribution in [0.15, 0.2) is 24.3 Å². The predicted molar refractivity (Wildman–Crippen MR) is 56.4 cm³/mol. The summed E-state index contributed by atoms with van der Waals surface area (Å²) in [5.74, 6) is 0.358. The summed E-state index contributed by atoms with van der Waals surface area (Å²) in [6.45, 7) is 3.60. The molecule has 0 saturated carbocycles. The molecule has 0 aromatic heterocycles. The van der Waals surface area contributed by atoms with Gasteiger partial charge < -0.3 is 4.74 Å². The fraction of sp³-hybridized carbons (Fsp3) is 0.500. The van der Waals surface area contributed by atoms with E-state index in [2.05, 4.69) is 0 Å². The number of halogens is 3. The zero-order chi connectivity index (χ0) is 13.1. The van der Waals surface area contributed by atoms with Crippen molar-refractivity contribution in [2.24, 2.45) is 0 Å². The van der Waals surface area contributed by atoms with E-state index >= 15 is 0 Å². The molecule has 0 amide bonds. The Balaban J connectivity index is 2.69. The molecule has 2 atom stereocenters. The lowest BCUT2D eigenvalue weighted by Gasteiger charge is -2.14. The van der Waals surface area contributed by atoms with Crippen LogP contribution in [0.5, 0.6) is 5.75 Å². The van der Waals surface area contributed by atoms with Crippen molar-refractivity contribution in [1.29, 1.82) is 0 Å². The molecule has 4 heteroatoms. The largest absolute Gasteiger partial charge is 0.491 e. The van der Waals surface area contributed by atoms with Gasteiger partial charge in [0.25, 0.3) is 0 Å². The van der Waals surface area contributed by atoms with Crippen molar-refractivity contribution in [3.63, 3.8) is 0 Å².